The van der Waals surface area contributed by atoms with Gasteiger partial charge < -0.3 is 4.74 Å². The predicted octanol–water partition coefficient (Wildman–Crippen LogP) is 3.39. The molecule has 20 heavy (non-hydrogen) atoms. The first kappa shape index (κ1) is 15.0. The van der Waals surface area contributed by atoms with Gasteiger partial charge in [-0.1, -0.05) is 19.8 Å². The Kier molecular flexibility index (Phi) is 5.18. The van der Waals surface area contributed by atoms with Crippen molar-refractivity contribution in [1.82, 2.24) is 4.90 Å². The molecule has 0 N–H and O–H groups in total. The Bertz CT molecular complexity index is 441. The fourth-order valence-electron chi connectivity index (χ4n) is 3.03. The molecule has 0 bridgehead atoms. The molecular formula is C17H25NO2. The lowest BCUT2D eigenvalue weighted by molar-refractivity contribution is 0.0882. The van der Waals surface area contributed by atoms with Crippen LogP contribution in [0, 0.1) is 5.92 Å². The molecule has 1 aliphatic carbocycles. The average Bonchev–Trinajstić information content (AvgIpc) is 2.47. The minimum absolute atomic E-state index is 0.188. The number of carbonyl (C=O) groups is 1. The van der Waals surface area contributed by atoms with Gasteiger partial charge in [-0.05, 0) is 50.1 Å². The van der Waals surface area contributed by atoms with Crippen LogP contribution in [0.15, 0.2) is 24.3 Å². The highest BCUT2D eigenvalue weighted by molar-refractivity contribution is 5.97. The summed E-state index contributed by atoms with van der Waals surface area (Å²) in [5.41, 5.74) is 0.765. The van der Waals surface area contributed by atoms with E-state index in [2.05, 4.69) is 18.9 Å². The van der Waals surface area contributed by atoms with Gasteiger partial charge in [-0.2, -0.15) is 0 Å². The highest BCUT2D eigenvalue weighted by Gasteiger charge is 2.23. The van der Waals surface area contributed by atoms with Crippen molar-refractivity contribution in [3.05, 3.63) is 29.8 Å². The molecule has 2 rings (SSSR count). The Morgan fingerprint density at radius 1 is 1.30 bits per heavy atom. The van der Waals surface area contributed by atoms with Crippen molar-refractivity contribution in [2.45, 2.75) is 38.6 Å². The Labute approximate surface area is 121 Å². The van der Waals surface area contributed by atoms with E-state index in [1.165, 1.54) is 25.7 Å². The van der Waals surface area contributed by atoms with Crippen molar-refractivity contribution in [3.8, 4) is 5.75 Å². The van der Waals surface area contributed by atoms with Gasteiger partial charge in [0.2, 0.25) is 0 Å². The number of ether oxygens (including phenoxy) is 1. The highest BCUT2D eigenvalue weighted by Crippen LogP contribution is 2.26. The Morgan fingerprint density at radius 3 is 2.60 bits per heavy atom. The Morgan fingerprint density at radius 2 is 2.00 bits per heavy atom. The van der Waals surface area contributed by atoms with Crippen LogP contribution in [-0.4, -0.2) is 37.4 Å². The molecule has 0 saturated heterocycles. The zero-order valence-corrected chi connectivity index (χ0v) is 12.8. The van der Waals surface area contributed by atoms with Gasteiger partial charge in [-0.3, -0.25) is 9.69 Å². The predicted molar refractivity (Wildman–Crippen MR) is 81.4 cm³/mol. The molecule has 1 aromatic carbocycles. The Hall–Kier alpha value is -1.35. The number of carbonyl (C=O) groups excluding carboxylic acids is 1. The summed E-state index contributed by atoms with van der Waals surface area (Å²) in [6, 6.07) is 7.93. The van der Waals surface area contributed by atoms with Gasteiger partial charge in [-0.25, -0.2) is 0 Å². The average molecular weight is 275 g/mol. The molecule has 2 atom stereocenters. The molecule has 0 radical (unpaired) electrons. The molecule has 0 spiro atoms. The molecule has 1 fully saturated rings. The summed E-state index contributed by atoms with van der Waals surface area (Å²) in [5, 5.41) is 0. The SMILES string of the molecule is COc1ccc(C(=O)CN(C)C2CCCC(C)C2)cc1. The van der Waals surface area contributed by atoms with Gasteiger partial charge in [0, 0.05) is 11.6 Å². The lowest BCUT2D eigenvalue weighted by atomic mass is 9.86. The number of benzene rings is 1. The number of ketones is 1. The highest BCUT2D eigenvalue weighted by atomic mass is 16.5. The van der Waals surface area contributed by atoms with E-state index in [1.807, 2.05) is 24.3 Å². The van der Waals surface area contributed by atoms with Crippen molar-refractivity contribution in [2.24, 2.45) is 5.92 Å². The first-order valence-corrected chi connectivity index (χ1v) is 7.47. The van der Waals surface area contributed by atoms with Crippen LogP contribution in [0.5, 0.6) is 5.75 Å². The molecule has 1 aliphatic rings. The van der Waals surface area contributed by atoms with Crippen LogP contribution in [0.4, 0.5) is 0 Å². The normalized spacial score (nSPS) is 22.8. The van der Waals surface area contributed by atoms with Crippen molar-refractivity contribution in [1.29, 1.82) is 0 Å². The zero-order valence-electron chi connectivity index (χ0n) is 12.8. The summed E-state index contributed by atoms with van der Waals surface area (Å²) < 4.78 is 5.12. The largest absolute Gasteiger partial charge is 0.497 e. The standard InChI is InChI=1S/C17H25NO2/c1-13-5-4-6-15(11-13)18(2)12-17(19)14-7-9-16(20-3)10-8-14/h7-10,13,15H,4-6,11-12H2,1-3H3. The summed E-state index contributed by atoms with van der Waals surface area (Å²) >= 11 is 0. The maximum absolute atomic E-state index is 12.3. The molecular weight excluding hydrogens is 250 g/mol. The lowest BCUT2D eigenvalue weighted by Crippen LogP contribution is -2.38. The number of hydrogen-bond donors (Lipinski definition) is 0. The number of likely N-dealkylation sites (N-methyl/N-ethyl adjacent to an activating group) is 1. The fourth-order valence-corrected chi connectivity index (χ4v) is 3.03. The van der Waals surface area contributed by atoms with Gasteiger partial charge >= 0.3 is 0 Å². The van der Waals surface area contributed by atoms with Crippen molar-refractivity contribution >= 4 is 5.78 Å². The number of hydrogen-bond acceptors (Lipinski definition) is 3. The second kappa shape index (κ2) is 6.89. The maximum atomic E-state index is 12.3. The lowest BCUT2D eigenvalue weighted by Gasteiger charge is -2.33. The first-order chi connectivity index (χ1) is 9.60. The summed E-state index contributed by atoms with van der Waals surface area (Å²) in [4.78, 5) is 14.5. The second-order valence-corrected chi connectivity index (χ2v) is 5.99. The van der Waals surface area contributed by atoms with E-state index in [0.29, 0.717) is 12.6 Å². The maximum Gasteiger partial charge on any atom is 0.176 e. The van der Waals surface area contributed by atoms with Gasteiger partial charge in [0.1, 0.15) is 5.75 Å². The number of rotatable bonds is 5. The minimum atomic E-state index is 0.188. The number of Topliss-reactive ketones (excluding diaryl/α,β-unsaturated/α-hetero) is 1. The Balaban J connectivity index is 1.92. The second-order valence-electron chi connectivity index (χ2n) is 5.99. The van der Waals surface area contributed by atoms with Gasteiger partial charge in [-0.15, -0.1) is 0 Å². The van der Waals surface area contributed by atoms with Crippen LogP contribution in [0.1, 0.15) is 43.0 Å². The molecule has 3 heteroatoms. The van der Waals surface area contributed by atoms with Crippen LogP contribution < -0.4 is 4.74 Å². The third kappa shape index (κ3) is 3.83. The fraction of sp³-hybridized carbons (Fsp3) is 0.588. The minimum Gasteiger partial charge on any atom is -0.497 e. The molecule has 0 amide bonds. The van der Waals surface area contributed by atoms with E-state index in [-0.39, 0.29) is 5.78 Å². The van der Waals surface area contributed by atoms with Crippen LogP contribution in [-0.2, 0) is 0 Å². The van der Waals surface area contributed by atoms with Gasteiger partial charge in [0.05, 0.1) is 13.7 Å². The molecule has 110 valence electrons. The quantitative estimate of drug-likeness (QED) is 0.771. The molecule has 0 heterocycles. The molecule has 3 nitrogen and oxygen atoms in total. The summed E-state index contributed by atoms with van der Waals surface area (Å²) in [6.07, 6.45) is 5.05. The van der Waals surface area contributed by atoms with E-state index in [1.54, 1.807) is 7.11 Å². The van der Waals surface area contributed by atoms with E-state index >= 15 is 0 Å². The first-order valence-electron chi connectivity index (χ1n) is 7.47. The number of methoxy groups -OCH3 is 1. The van der Waals surface area contributed by atoms with Gasteiger partial charge in [0.15, 0.2) is 5.78 Å². The van der Waals surface area contributed by atoms with Crippen molar-refractivity contribution in [2.75, 3.05) is 20.7 Å². The molecule has 2 unspecified atom stereocenters. The third-order valence-electron chi connectivity index (χ3n) is 4.34. The van der Waals surface area contributed by atoms with Crippen LogP contribution in [0.2, 0.25) is 0 Å². The van der Waals surface area contributed by atoms with E-state index in [4.69, 9.17) is 4.74 Å². The van der Waals surface area contributed by atoms with Crippen molar-refractivity contribution < 1.29 is 9.53 Å². The molecule has 1 aromatic rings. The zero-order chi connectivity index (χ0) is 14.5. The molecule has 0 aliphatic heterocycles. The van der Waals surface area contributed by atoms with Gasteiger partial charge in [0.25, 0.3) is 0 Å². The van der Waals surface area contributed by atoms with Crippen LogP contribution in [0.25, 0.3) is 0 Å². The van der Waals surface area contributed by atoms with E-state index < -0.39 is 0 Å². The summed E-state index contributed by atoms with van der Waals surface area (Å²) in [6.45, 7) is 2.81. The number of nitrogens with zero attached hydrogens (tertiary/aromatic N) is 1. The smallest absolute Gasteiger partial charge is 0.176 e. The molecule has 0 aromatic heterocycles. The van der Waals surface area contributed by atoms with Crippen LogP contribution >= 0.6 is 0 Å². The summed E-state index contributed by atoms with van der Waals surface area (Å²) in [7, 11) is 3.71. The van der Waals surface area contributed by atoms with Crippen LogP contribution in [0.3, 0.4) is 0 Å². The van der Waals surface area contributed by atoms with E-state index in [9.17, 15) is 4.79 Å². The summed E-state index contributed by atoms with van der Waals surface area (Å²) in [5.74, 6) is 1.76. The monoisotopic (exact) mass is 275 g/mol. The van der Waals surface area contributed by atoms with E-state index in [0.717, 1.165) is 17.2 Å². The van der Waals surface area contributed by atoms with Crippen molar-refractivity contribution in [3.63, 3.8) is 0 Å². The topological polar surface area (TPSA) is 29.5 Å². The third-order valence-corrected chi connectivity index (χ3v) is 4.34. The molecule has 1 saturated carbocycles.